The zero-order valence-corrected chi connectivity index (χ0v) is 25.9. The largest absolute Gasteiger partial charge is 0.467 e. The molecule has 2 atom stereocenters. The minimum atomic E-state index is -0.798. The number of amides is 3. The normalized spacial score (nSPS) is 15.8. The van der Waals surface area contributed by atoms with E-state index >= 15 is 0 Å². The van der Waals surface area contributed by atoms with Gasteiger partial charge in [-0.05, 0) is 56.6 Å². The Labute approximate surface area is 255 Å². The molecule has 0 aliphatic heterocycles. The van der Waals surface area contributed by atoms with E-state index in [4.69, 9.17) is 9.47 Å². The Morgan fingerprint density at radius 3 is 1.95 bits per heavy atom. The molecule has 9 nitrogen and oxygen atoms in total. The molecule has 3 N–H and O–H groups in total. The Bertz CT molecular complexity index is 1190. The van der Waals surface area contributed by atoms with Gasteiger partial charge in [0.1, 0.15) is 11.6 Å². The van der Waals surface area contributed by atoms with Crippen LogP contribution in [0.4, 0.5) is 4.79 Å². The minimum Gasteiger partial charge on any atom is -0.467 e. The van der Waals surface area contributed by atoms with Crippen LogP contribution in [-0.4, -0.2) is 55.2 Å². The lowest BCUT2D eigenvalue weighted by Gasteiger charge is -2.37. The summed E-state index contributed by atoms with van der Waals surface area (Å²) in [4.78, 5) is 51.6. The minimum absolute atomic E-state index is 0.0674. The topological polar surface area (TPSA) is 123 Å². The molecule has 43 heavy (non-hydrogen) atoms. The standard InChI is InChI=1S/C34H47N3O6/c1-33(2,3)43-32(41)36-27(20-25-14-8-5-9-15-25)22-29(38)35-24-34(18-12-7-13-19-34)23-30(39)37-28(31(40)42-4)21-26-16-10-6-11-17-26/h5-6,8-11,14-17,27-28H,7,12-13,18-24H2,1-4H3,(H,35,38)(H,36,41)(H,37,39)/t27-,28-/m0/s1. The maximum Gasteiger partial charge on any atom is 0.407 e. The first-order chi connectivity index (χ1) is 20.5. The van der Waals surface area contributed by atoms with E-state index in [2.05, 4.69) is 16.0 Å². The molecule has 1 aliphatic rings. The molecule has 0 heterocycles. The Morgan fingerprint density at radius 2 is 1.40 bits per heavy atom. The number of esters is 1. The Kier molecular flexibility index (Phi) is 12.6. The highest BCUT2D eigenvalue weighted by molar-refractivity contribution is 5.85. The smallest absolute Gasteiger partial charge is 0.407 e. The Hall–Kier alpha value is -3.88. The maximum atomic E-state index is 13.3. The lowest BCUT2D eigenvalue weighted by Crippen LogP contribution is -2.48. The zero-order valence-electron chi connectivity index (χ0n) is 25.9. The predicted molar refractivity (Wildman–Crippen MR) is 165 cm³/mol. The van der Waals surface area contributed by atoms with Crippen LogP contribution in [0.15, 0.2) is 60.7 Å². The van der Waals surface area contributed by atoms with E-state index in [1.165, 1.54) is 7.11 Å². The van der Waals surface area contributed by atoms with Crippen molar-refractivity contribution < 1.29 is 28.7 Å². The second kappa shape index (κ2) is 16.1. The molecule has 0 aromatic heterocycles. The maximum absolute atomic E-state index is 13.3. The molecule has 2 aromatic rings. The van der Waals surface area contributed by atoms with Crippen LogP contribution in [0.2, 0.25) is 0 Å². The van der Waals surface area contributed by atoms with Gasteiger partial charge < -0.3 is 25.4 Å². The van der Waals surface area contributed by atoms with Crippen molar-refractivity contribution >= 4 is 23.9 Å². The summed E-state index contributed by atoms with van der Waals surface area (Å²) >= 11 is 0. The molecule has 3 rings (SSSR count). The van der Waals surface area contributed by atoms with Gasteiger partial charge in [0.2, 0.25) is 11.8 Å². The van der Waals surface area contributed by atoms with Crippen molar-refractivity contribution in [2.75, 3.05) is 13.7 Å². The Morgan fingerprint density at radius 1 is 0.814 bits per heavy atom. The summed E-state index contributed by atoms with van der Waals surface area (Å²) in [6.45, 7) is 5.71. The van der Waals surface area contributed by atoms with Gasteiger partial charge in [0.15, 0.2) is 0 Å². The lowest BCUT2D eigenvalue weighted by molar-refractivity contribution is -0.145. The van der Waals surface area contributed by atoms with E-state index in [1.54, 1.807) is 20.8 Å². The summed E-state index contributed by atoms with van der Waals surface area (Å²) in [5, 5.41) is 8.81. The SMILES string of the molecule is COC(=O)[C@H](Cc1ccccc1)NC(=O)CC1(CNC(=O)C[C@H](Cc2ccccc2)NC(=O)OC(C)(C)C)CCCCC1. The van der Waals surface area contributed by atoms with Gasteiger partial charge in [-0.25, -0.2) is 9.59 Å². The van der Waals surface area contributed by atoms with Crippen molar-refractivity contribution in [3.05, 3.63) is 71.8 Å². The van der Waals surface area contributed by atoms with Gasteiger partial charge in [0, 0.05) is 31.8 Å². The van der Waals surface area contributed by atoms with Crippen molar-refractivity contribution in [2.45, 2.75) is 96.2 Å². The Balaban J connectivity index is 1.64. The molecular weight excluding hydrogens is 546 g/mol. The first kappa shape index (κ1) is 33.6. The van der Waals surface area contributed by atoms with E-state index in [0.717, 1.165) is 43.2 Å². The van der Waals surface area contributed by atoms with Crippen LogP contribution < -0.4 is 16.0 Å². The summed E-state index contributed by atoms with van der Waals surface area (Å²) in [5.74, 6) is -0.944. The van der Waals surface area contributed by atoms with Crippen LogP contribution in [0.3, 0.4) is 0 Å². The second-order valence-corrected chi connectivity index (χ2v) is 12.6. The molecule has 2 aromatic carbocycles. The summed E-state index contributed by atoms with van der Waals surface area (Å²) < 4.78 is 10.4. The summed E-state index contributed by atoms with van der Waals surface area (Å²) in [5.41, 5.74) is 0.833. The average molecular weight is 594 g/mol. The lowest BCUT2D eigenvalue weighted by atomic mass is 9.71. The molecule has 234 valence electrons. The van der Waals surface area contributed by atoms with E-state index in [-0.39, 0.29) is 24.7 Å². The molecule has 0 saturated heterocycles. The number of alkyl carbamates (subject to hydrolysis) is 1. The van der Waals surface area contributed by atoms with Crippen LogP contribution in [0, 0.1) is 5.41 Å². The summed E-state index contributed by atoms with van der Waals surface area (Å²) in [6.07, 6.45) is 5.09. The van der Waals surface area contributed by atoms with Gasteiger partial charge in [-0.2, -0.15) is 0 Å². The van der Waals surface area contributed by atoms with E-state index in [9.17, 15) is 19.2 Å². The van der Waals surface area contributed by atoms with Gasteiger partial charge in [-0.15, -0.1) is 0 Å². The fourth-order valence-corrected chi connectivity index (χ4v) is 5.62. The molecule has 3 amide bonds. The molecule has 9 heteroatoms. The highest BCUT2D eigenvalue weighted by atomic mass is 16.6. The predicted octanol–water partition coefficient (Wildman–Crippen LogP) is 4.87. The number of hydrogen-bond donors (Lipinski definition) is 3. The number of rotatable bonds is 13. The molecule has 0 unspecified atom stereocenters. The van der Waals surface area contributed by atoms with Crippen molar-refractivity contribution in [1.29, 1.82) is 0 Å². The highest BCUT2D eigenvalue weighted by Gasteiger charge is 2.36. The third-order valence-electron chi connectivity index (χ3n) is 7.69. The van der Waals surface area contributed by atoms with E-state index in [1.807, 2.05) is 60.7 Å². The summed E-state index contributed by atoms with van der Waals surface area (Å²) in [7, 11) is 1.31. The van der Waals surface area contributed by atoms with Crippen LogP contribution in [0.25, 0.3) is 0 Å². The van der Waals surface area contributed by atoms with Crippen molar-refractivity contribution in [3.63, 3.8) is 0 Å². The second-order valence-electron chi connectivity index (χ2n) is 12.6. The molecule has 0 bridgehead atoms. The van der Waals surface area contributed by atoms with Gasteiger partial charge in [-0.3, -0.25) is 9.59 Å². The number of nitrogens with one attached hydrogen (secondary N) is 3. The van der Waals surface area contributed by atoms with Gasteiger partial charge in [0.25, 0.3) is 0 Å². The van der Waals surface area contributed by atoms with E-state index < -0.39 is 35.2 Å². The number of ether oxygens (including phenoxy) is 2. The molecule has 1 fully saturated rings. The van der Waals surface area contributed by atoms with Crippen molar-refractivity contribution in [3.8, 4) is 0 Å². The number of benzene rings is 2. The van der Waals surface area contributed by atoms with Crippen molar-refractivity contribution in [1.82, 2.24) is 16.0 Å². The highest BCUT2D eigenvalue weighted by Crippen LogP contribution is 2.39. The first-order valence-corrected chi connectivity index (χ1v) is 15.2. The number of hydrogen-bond acceptors (Lipinski definition) is 6. The molecular formula is C34H47N3O6. The fourth-order valence-electron chi connectivity index (χ4n) is 5.62. The van der Waals surface area contributed by atoms with Gasteiger partial charge in [-0.1, -0.05) is 79.9 Å². The fraction of sp³-hybridized carbons (Fsp3) is 0.529. The number of carbonyl (C=O) groups is 4. The average Bonchev–Trinajstić information content (AvgIpc) is 2.96. The molecule has 0 radical (unpaired) electrons. The van der Waals surface area contributed by atoms with Gasteiger partial charge in [0.05, 0.1) is 7.11 Å². The number of methoxy groups -OCH3 is 1. The molecule has 1 saturated carbocycles. The number of carbonyl (C=O) groups excluding carboxylic acids is 4. The van der Waals surface area contributed by atoms with Crippen LogP contribution in [-0.2, 0) is 36.7 Å². The van der Waals surface area contributed by atoms with Gasteiger partial charge >= 0.3 is 12.1 Å². The molecule has 1 aliphatic carbocycles. The molecule has 0 spiro atoms. The van der Waals surface area contributed by atoms with Crippen LogP contribution in [0.1, 0.15) is 76.8 Å². The van der Waals surface area contributed by atoms with Crippen LogP contribution in [0.5, 0.6) is 0 Å². The quantitative estimate of drug-likeness (QED) is 0.285. The third kappa shape index (κ3) is 12.1. The van der Waals surface area contributed by atoms with Crippen molar-refractivity contribution in [2.24, 2.45) is 5.41 Å². The summed E-state index contributed by atoms with van der Waals surface area (Å²) in [6, 6.07) is 17.9. The van der Waals surface area contributed by atoms with E-state index in [0.29, 0.717) is 19.4 Å². The monoisotopic (exact) mass is 593 g/mol. The van der Waals surface area contributed by atoms with Crippen LogP contribution >= 0.6 is 0 Å². The first-order valence-electron chi connectivity index (χ1n) is 15.2. The zero-order chi connectivity index (χ0) is 31.3. The third-order valence-corrected chi connectivity index (χ3v) is 7.69.